The lowest BCUT2D eigenvalue weighted by Gasteiger charge is -2.34. The molecule has 0 bridgehead atoms. The number of guanidine groups is 2. The molecule has 36 heavy (non-hydrogen) atoms. The Hall–Kier alpha value is -2.68. The molecule has 0 unspecified atom stereocenters. The first-order valence-electron chi connectivity index (χ1n) is 12.8. The average Bonchev–Trinajstić information content (AvgIpc) is 2.82. The summed E-state index contributed by atoms with van der Waals surface area (Å²) in [5.74, 6) is -0.849. The topological polar surface area (TPSA) is 241 Å². The third-order valence-corrected chi connectivity index (χ3v) is 6.21. The Balaban J connectivity index is 2.12. The van der Waals surface area contributed by atoms with Crippen molar-refractivity contribution in [2.75, 3.05) is 65.4 Å². The summed E-state index contributed by atoms with van der Waals surface area (Å²) >= 11 is 0. The van der Waals surface area contributed by atoms with Crippen LogP contribution in [0.2, 0.25) is 0 Å². The number of nitrogens with two attached hydrogens (primary N) is 4. The van der Waals surface area contributed by atoms with Gasteiger partial charge in [0.2, 0.25) is 11.8 Å². The Morgan fingerprint density at radius 3 is 1.31 bits per heavy atom. The molecule has 14 N–H and O–H groups in total. The molecular weight excluding hydrogens is 464 g/mol. The second-order valence-electron chi connectivity index (χ2n) is 9.17. The highest BCUT2D eigenvalue weighted by Crippen LogP contribution is 2.04. The predicted molar refractivity (Wildman–Crippen MR) is 142 cm³/mol. The lowest BCUT2D eigenvalue weighted by molar-refractivity contribution is -0.121. The van der Waals surface area contributed by atoms with Crippen LogP contribution in [-0.2, 0) is 9.59 Å². The summed E-state index contributed by atoms with van der Waals surface area (Å²) in [6, 6.07) is -0.730. The van der Waals surface area contributed by atoms with Gasteiger partial charge in [-0.05, 0) is 64.7 Å². The Morgan fingerprint density at radius 2 is 1.00 bits per heavy atom. The van der Waals surface area contributed by atoms with Crippen molar-refractivity contribution in [3.05, 3.63) is 0 Å². The Labute approximate surface area is 214 Å². The summed E-state index contributed by atoms with van der Waals surface area (Å²) in [5, 5.41) is 26.2. The van der Waals surface area contributed by atoms with Gasteiger partial charge in [0, 0.05) is 39.3 Å². The minimum absolute atomic E-state index is 0.0707. The average molecular weight is 513 g/mol. The number of piperazine rings is 1. The van der Waals surface area contributed by atoms with Crippen LogP contribution in [0.1, 0.15) is 38.5 Å². The first-order valence-corrected chi connectivity index (χ1v) is 12.8. The maximum absolute atomic E-state index is 11.6. The molecule has 2 atom stereocenters. The van der Waals surface area contributed by atoms with Gasteiger partial charge >= 0.3 is 0 Å². The molecule has 1 saturated heterocycles. The Morgan fingerprint density at radius 1 is 0.639 bits per heavy atom. The van der Waals surface area contributed by atoms with E-state index >= 15 is 0 Å². The maximum atomic E-state index is 11.6. The van der Waals surface area contributed by atoms with E-state index in [-0.39, 0.29) is 35.8 Å². The molecule has 0 spiro atoms. The van der Waals surface area contributed by atoms with E-state index in [1.165, 1.54) is 0 Å². The normalized spacial score (nSPS) is 16.2. The van der Waals surface area contributed by atoms with Gasteiger partial charge in [-0.1, -0.05) is 0 Å². The SMILES string of the molecule is N=C(N)NCCC[C@H](NCCCN1CCN(CCCN[C@@H](CCCNC(=N)N)C(N)=O)CC1)C(N)=O. The number of carbonyl (C=O) groups is 2. The van der Waals surface area contributed by atoms with Crippen molar-refractivity contribution >= 4 is 23.7 Å². The van der Waals surface area contributed by atoms with Gasteiger partial charge in [0.05, 0.1) is 12.1 Å². The van der Waals surface area contributed by atoms with Crippen LogP contribution >= 0.6 is 0 Å². The molecule has 208 valence electrons. The number of hydrogen-bond donors (Lipinski definition) is 10. The van der Waals surface area contributed by atoms with Crippen LogP contribution in [0.5, 0.6) is 0 Å². The van der Waals surface area contributed by atoms with E-state index in [4.69, 9.17) is 33.8 Å². The number of nitrogens with zero attached hydrogens (tertiary/aromatic N) is 2. The highest BCUT2D eigenvalue weighted by atomic mass is 16.1. The van der Waals surface area contributed by atoms with Crippen molar-refractivity contribution in [2.45, 2.75) is 50.6 Å². The van der Waals surface area contributed by atoms with Crippen LogP contribution in [-0.4, -0.2) is 111 Å². The van der Waals surface area contributed by atoms with Gasteiger partial charge in [0.25, 0.3) is 0 Å². The molecule has 0 aromatic rings. The number of nitrogens with one attached hydrogen (secondary N) is 6. The van der Waals surface area contributed by atoms with Gasteiger partial charge < -0.3 is 54.0 Å². The van der Waals surface area contributed by atoms with Crippen LogP contribution in [0.15, 0.2) is 0 Å². The van der Waals surface area contributed by atoms with E-state index in [1.54, 1.807) is 0 Å². The fourth-order valence-electron chi connectivity index (χ4n) is 4.14. The first-order chi connectivity index (χ1) is 17.2. The van der Waals surface area contributed by atoms with Gasteiger partial charge in [-0.25, -0.2) is 0 Å². The van der Waals surface area contributed by atoms with Crippen molar-refractivity contribution in [3.63, 3.8) is 0 Å². The van der Waals surface area contributed by atoms with Gasteiger partial charge in [-0.2, -0.15) is 0 Å². The summed E-state index contributed by atoms with van der Waals surface area (Å²) in [7, 11) is 0. The van der Waals surface area contributed by atoms with Crippen molar-refractivity contribution in [1.29, 1.82) is 10.8 Å². The van der Waals surface area contributed by atoms with Crippen LogP contribution in [0, 0.1) is 10.8 Å². The Kier molecular flexibility index (Phi) is 16.2. The van der Waals surface area contributed by atoms with Crippen molar-refractivity contribution in [1.82, 2.24) is 31.1 Å². The molecule has 1 rings (SSSR count). The second kappa shape index (κ2) is 18.6. The van der Waals surface area contributed by atoms with E-state index in [1.807, 2.05) is 0 Å². The molecule has 0 saturated carbocycles. The van der Waals surface area contributed by atoms with Gasteiger partial charge in [0.1, 0.15) is 0 Å². The third kappa shape index (κ3) is 15.3. The number of hydrogen-bond acceptors (Lipinski definition) is 8. The van der Waals surface area contributed by atoms with Crippen molar-refractivity contribution < 1.29 is 9.59 Å². The number of amides is 2. The van der Waals surface area contributed by atoms with Crippen LogP contribution in [0.3, 0.4) is 0 Å². The number of carbonyl (C=O) groups excluding carboxylic acids is 2. The standard InChI is InChI=1S/C22H48N12O2/c23-19(35)17(5-1-7-31-21(25)26)29-9-3-11-33-13-15-34(16-14-33)12-4-10-30-18(20(24)36)6-2-8-32-22(27)28/h17-18,29-30H,1-16H2,(H2,23,35)(H2,24,36)(H4,25,26,31)(H4,27,28,32)/t17-,18-/m0/s1. The summed E-state index contributed by atoms with van der Waals surface area (Å²) in [4.78, 5) is 28.1. The van der Waals surface area contributed by atoms with Crippen molar-refractivity contribution in [3.8, 4) is 0 Å². The predicted octanol–water partition coefficient (Wildman–Crippen LogP) is -3.20. The minimum Gasteiger partial charge on any atom is -0.370 e. The van der Waals surface area contributed by atoms with Crippen LogP contribution in [0.25, 0.3) is 0 Å². The van der Waals surface area contributed by atoms with E-state index in [0.717, 1.165) is 65.2 Å². The van der Waals surface area contributed by atoms with E-state index in [2.05, 4.69) is 31.1 Å². The highest BCUT2D eigenvalue weighted by molar-refractivity contribution is 5.80. The molecule has 1 heterocycles. The van der Waals surface area contributed by atoms with Gasteiger partial charge in [-0.3, -0.25) is 20.4 Å². The first kappa shape index (κ1) is 31.4. The van der Waals surface area contributed by atoms with Crippen LogP contribution in [0.4, 0.5) is 0 Å². The molecule has 0 aromatic carbocycles. The molecule has 0 aromatic heterocycles. The zero-order valence-corrected chi connectivity index (χ0v) is 21.5. The maximum Gasteiger partial charge on any atom is 0.234 e. The lowest BCUT2D eigenvalue weighted by atomic mass is 10.1. The smallest absolute Gasteiger partial charge is 0.234 e. The fourth-order valence-corrected chi connectivity index (χ4v) is 4.14. The van der Waals surface area contributed by atoms with E-state index in [9.17, 15) is 9.59 Å². The van der Waals surface area contributed by atoms with Gasteiger partial charge in [0.15, 0.2) is 11.9 Å². The Bertz CT molecular complexity index is 613. The van der Waals surface area contributed by atoms with E-state index in [0.29, 0.717) is 38.8 Å². The summed E-state index contributed by atoms with van der Waals surface area (Å²) in [6.45, 7) is 8.54. The summed E-state index contributed by atoms with van der Waals surface area (Å²) in [6.07, 6.45) is 4.52. The lowest BCUT2D eigenvalue weighted by Crippen LogP contribution is -2.48. The molecular formula is C22H48N12O2. The summed E-state index contributed by atoms with van der Waals surface area (Å²) < 4.78 is 0. The quantitative estimate of drug-likeness (QED) is 0.0445. The number of rotatable bonds is 20. The van der Waals surface area contributed by atoms with Crippen LogP contribution < -0.4 is 44.2 Å². The molecule has 14 heteroatoms. The molecule has 0 aliphatic carbocycles. The zero-order valence-electron chi connectivity index (χ0n) is 21.5. The summed E-state index contributed by atoms with van der Waals surface area (Å²) in [5.41, 5.74) is 21.5. The number of primary amides is 2. The zero-order chi connectivity index (χ0) is 26.8. The molecule has 1 aliphatic rings. The second-order valence-corrected chi connectivity index (χ2v) is 9.17. The van der Waals surface area contributed by atoms with Crippen molar-refractivity contribution in [2.24, 2.45) is 22.9 Å². The minimum atomic E-state index is -0.365. The third-order valence-electron chi connectivity index (χ3n) is 6.21. The molecule has 2 amide bonds. The van der Waals surface area contributed by atoms with E-state index < -0.39 is 0 Å². The highest BCUT2D eigenvalue weighted by Gasteiger charge is 2.18. The largest absolute Gasteiger partial charge is 0.370 e. The van der Waals surface area contributed by atoms with Gasteiger partial charge in [-0.15, -0.1) is 0 Å². The molecule has 1 fully saturated rings. The monoisotopic (exact) mass is 512 g/mol. The fraction of sp³-hybridized carbons (Fsp3) is 0.818. The molecule has 0 radical (unpaired) electrons. The molecule has 14 nitrogen and oxygen atoms in total. The molecule has 1 aliphatic heterocycles.